The van der Waals surface area contributed by atoms with Crippen molar-refractivity contribution >= 4 is 5.69 Å². The van der Waals surface area contributed by atoms with E-state index in [4.69, 9.17) is 5.73 Å². The number of nitrogens with two attached hydrogens (primary N) is 1. The molecule has 2 N–H and O–H groups in total. The van der Waals surface area contributed by atoms with Crippen molar-refractivity contribution in [3.05, 3.63) is 59.4 Å². The molecule has 2 aromatic rings. The van der Waals surface area contributed by atoms with Crippen molar-refractivity contribution in [1.82, 2.24) is 4.98 Å². The number of rotatable bonds is 6. The smallest absolute Gasteiger partial charge is 0.0421 e. The first-order chi connectivity index (χ1) is 10.1. The zero-order valence-corrected chi connectivity index (χ0v) is 13.2. The van der Waals surface area contributed by atoms with Crippen LogP contribution in [0.25, 0.3) is 0 Å². The molecule has 0 aliphatic rings. The average Bonchev–Trinajstić information content (AvgIpc) is 2.45. The Balaban J connectivity index is 2.09. The maximum atomic E-state index is 5.98. The van der Waals surface area contributed by atoms with Gasteiger partial charge in [0.15, 0.2) is 0 Å². The highest BCUT2D eigenvalue weighted by Gasteiger charge is 2.10. The minimum atomic E-state index is 0.176. The molecule has 1 aromatic heterocycles. The number of likely N-dealkylation sites (N-methyl/N-ethyl adjacent to an activating group) is 1. The fourth-order valence-corrected chi connectivity index (χ4v) is 2.55. The Kier molecular flexibility index (Phi) is 5.34. The zero-order chi connectivity index (χ0) is 15.2. The van der Waals surface area contributed by atoms with Crippen molar-refractivity contribution in [2.75, 3.05) is 18.5 Å². The second-order valence-corrected chi connectivity index (χ2v) is 5.81. The largest absolute Gasteiger partial charge is 0.374 e. The van der Waals surface area contributed by atoms with E-state index in [0.717, 1.165) is 25.1 Å². The lowest BCUT2D eigenvalue weighted by Crippen LogP contribution is -2.24. The lowest BCUT2D eigenvalue weighted by Gasteiger charge is -2.23. The van der Waals surface area contributed by atoms with E-state index in [1.54, 1.807) is 0 Å². The molecule has 0 radical (unpaired) electrons. The third-order valence-corrected chi connectivity index (χ3v) is 3.62. The molecule has 0 fully saturated rings. The van der Waals surface area contributed by atoms with E-state index < -0.39 is 0 Å². The number of benzene rings is 1. The molecule has 1 aromatic carbocycles. The molecule has 0 aliphatic carbocycles. The van der Waals surface area contributed by atoms with Gasteiger partial charge in [-0.05, 0) is 44.0 Å². The van der Waals surface area contributed by atoms with Crippen LogP contribution in [0, 0.1) is 6.92 Å². The van der Waals surface area contributed by atoms with Crippen molar-refractivity contribution in [3.8, 4) is 0 Å². The maximum absolute atomic E-state index is 5.98. The summed E-state index contributed by atoms with van der Waals surface area (Å²) < 4.78 is 0. The molecule has 0 bridgehead atoms. The SMILES string of the molecule is Cc1ccc(N(C)CCc2ccccn2)c(CC(C)N)c1. The molecule has 0 spiro atoms. The quantitative estimate of drug-likeness (QED) is 0.886. The first-order valence-corrected chi connectivity index (χ1v) is 7.52. The second-order valence-electron chi connectivity index (χ2n) is 5.81. The van der Waals surface area contributed by atoms with Crippen LogP contribution in [-0.2, 0) is 12.8 Å². The molecule has 2 rings (SSSR count). The highest BCUT2D eigenvalue weighted by Crippen LogP contribution is 2.22. The van der Waals surface area contributed by atoms with Crippen LogP contribution in [0.4, 0.5) is 5.69 Å². The van der Waals surface area contributed by atoms with Crippen molar-refractivity contribution in [3.63, 3.8) is 0 Å². The molecule has 112 valence electrons. The van der Waals surface area contributed by atoms with E-state index >= 15 is 0 Å². The van der Waals surface area contributed by atoms with Gasteiger partial charge in [0.1, 0.15) is 0 Å². The number of aryl methyl sites for hydroxylation is 1. The number of hydrogen-bond acceptors (Lipinski definition) is 3. The number of anilines is 1. The van der Waals surface area contributed by atoms with Gasteiger partial charge >= 0.3 is 0 Å². The van der Waals surface area contributed by atoms with Gasteiger partial charge in [-0.15, -0.1) is 0 Å². The number of hydrogen-bond donors (Lipinski definition) is 1. The average molecular weight is 283 g/mol. The predicted molar refractivity (Wildman–Crippen MR) is 89.7 cm³/mol. The molecule has 0 aliphatic heterocycles. The van der Waals surface area contributed by atoms with Gasteiger partial charge < -0.3 is 10.6 Å². The molecule has 1 atom stereocenters. The van der Waals surface area contributed by atoms with E-state index in [-0.39, 0.29) is 6.04 Å². The van der Waals surface area contributed by atoms with Gasteiger partial charge in [0.05, 0.1) is 0 Å². The number of pyridine rings is 1. The molecule has 0 saturated carbocycles. The molecular weight excluding hydrogens is 258 g/mol. The Bertz CT molecular complexity index is 564. The molecule has 3 heteroatoms. The minimum absolute atomic E-state index is 0.176. The Morgan fingerprint density at radius 3 is 2.71 bits per heavy atom. The Labute approximate surface area is 127 Å². The van der Waals surface area contributed by atoms with Gasteiger partial charge in [-0.1, -0.05) is 23.8 Å². The van der Waals surface area contributed by atoms with Gasteiger partial charge in [0.2, 0.25) is 0 Å². The minimum Gasteiger partial charge on any atom is -0.374 e. The zero-order valence-electron chi connectivity index (χ0n) is 13.2. The van der Waals surface area contributed by atoms with Crippen LogP contribution in [0.15, 0.2) is 42.6 Å². The summed E-state index contributed by atoms with van der Waals surface area (Å²) in [6.45, 7) is 5.13. The summed E-state index contributed by atoms with van der Waals surface area (Å²) in [5.74, 6) is 0. The van der Waals surface area contributed by atoms with E-state index in [1.165, 1.54) is 16.8 Å². The summed E-state index contributed by atoms with van der Waals surface area (Å²) in [6.07, 6.45) is 3.70. The normalized spacial score (nSPS) is 12.2. The van der Waals surface area contributed by atoms with Crippen LogP contribution in [-0.4, -0.2) is 24.6 Å². The summed E-state index contributed by atoms with van der Waals surface area (Å²) in [6, 6.07) is 12.9. The van der Waals surface area contributed by atoms with Gasteiger partial charge in [0, 0.05) is 43.6 Å². The molecule has 0 amide bonds. The fourth-order valence-electron chi connectivity index (χ4n) is 2.55. The Hall–Kier alpha value is -1.87. The van der Waals surface area contributed by atoms with Crippen LogP contribution < -0.4 is 10.6 Å². The highest BCUT2D eigenvalue weighted by atomic mass is 15.1. The lowest BCUT2D eigenvalue weighted by atomic mass is 10.0. The van der Waals surface area contributed by atoms with Crippen LogP contribution in [0.2, 0.25) is 0 Å². The molecule has 1 unspecified atom stereocenters. The van der Waals surface area contributed by atoms with E-state index in [2.05, 4.69) is 55.0 Å². The monoisotopic (exact) mass is 283 g/mol. The summed E-state index contributed by atoms with van der Waals surface area (Å²) in [7, 11) is 2.14. The lowest BCUT2D eigenvalue weighted by molar-refractivity contribution is 0.732. The number of nitrogens with zero attached hydrogens (tertiary/aromatic N) is 2. The molecule has 21 heavy (non-hydrogen) atoms. The van der Waals surface area contributed by atoms with Gasteiger partial charge in [0.25, 0.3) is 0 Å². The molecule has 0 saturated heterocycles. The van der Waals surface area contributed by atoms with Crippen molar-refractivity contribution in [1.29, 1.82) is 0 Å². The topological polar surface area (TPSA) is 42.2 Å². The highest BCUT2D eigenvalue weighted by molar-refractivity contribution is 5.55. The maximum Gasteiger partial charge on any atom is 0.0421 e. The number of aromatic nitrogens is 1. The molecule has 1 heterocycles. The Morgan fingerprint density at radius 1 is 1.24 bits per heavy atom. The summed E-state index contributed by atoms with van der Waals surface area (Å²) in [5.41, 5.74) is 11.0. The van der Waals surface area contributed by atoms with Gasteiger partial charge in [-0.2, -0.15) is 0 Å². The third-order valence-electron chi connectivity index (χ3n) is 3.62. The molecule has 3 nitrogen and oxygen atoms in total. The standard InChI is InChI=1S/C18H25N3/c1-14-7-8-18(16(12-14)13-15(2)19)21(3)11-9-17-6-4-5-10-20-17/h4-8,10,12,15H,9,11,13,19H2,1-3H3. The van der Waals surface area contributed by atoms with Gasteiger partial charge in [-0.3, -0.25) is 4.98 Å². The Morgan fingerprint density at radius 2 is 2.05 bits per heavy atom. The predicted octanol–water partition coefficient (Wildman–Crippen LogP) is 2.96. The van der Waals surface area contributed by atoms with E-state index in [0.29, 0.717) is 0 Å². The van der Waals surface area contributed by atoms with Gasteiger partial charge in [-0.25, -0.2) is 0 Å². The first-order valence-electron chi connectivity index (χ1n) is 7.52. The molecular formula is C18H25N3. The van der Waals surface area contributed by atoms with Crippen LogP contribution >= 0.6 is 0 Å². The van der Waals surface area contributed by atoms with E-state index in [1.807, 2.05) is 18.3 Å². The second kappa shape index (κ2) is 7.23. The first kappa shape index (κ1) is 15.5. The third kappa shape index (κ3) is 4.57. The fraction of sp³-hybridized carbons (Fsp3) is 0.389. The summed E-state index contributed by atoms with van der Waals surface area (Å²) in [5, 5.41) is 0. The van der Waals surface area contributed by atoms with Crippen molar-refractivity contribution < 1.29 is 0 Å². The van der Waals surface area contributed by atoms with Crippen LogP contribution in [0.1, 0.15) is 23.7 Å². The summed E-state index contributed by atoms with van der Waals surface area (Å²) >= 11 is 0. The van der Waals surface area contributed by atoms with Crippen LogP contribution in [0.5, 0.6) is 0 Å². The summed E-state index contributed by atoms with van der Waals surface area (Å²) in [4.78, 5) is 6.68. The van der Waals surface area contributed by atoms with E-state index in [9.17, 15) is 0 Å². The van der Waals surface area contributed by atoms with Crippen LogP contribution in [0.3, 0.4) is 0 Å². The van der Waals surface area contributed by atoms with Crippen molar-refractivity contribution in [2.45, 2.75) is 32.7 Å². The van der Waals surface area contributed by atoms with Crippen molar-refractivity contribution in [2.24, 2.45) is 5.73 Å².